The molecule has 0 fully saturated rings. The maximum atomic E-state index is 5.34. The van der Waals surface area contributed by atoms with Crippen LogP contribution in [0.15, 0.2) is 140 Å². The largest absolute Gasteiger partial charge is 0.309 e. The second-order valence-corrected chi connectivity index (χ2v) is 14.6. The molecule has 3 nitrogen and oxygen atoms in total. The molecule has 2 aromatic heterocycles. The first kappa shape index (κ1) is 28.2. The molecule has 2 aliphatic rings. The number of para-hydroxylation sites is 1. The molecule has 0 radical (unpaired) electrons. The lowest BCUT2D eigenvalue weighted by atomic mass is 9.82. The molecule has 0 saturated heterocycles. The number of aromatic nitrogens is 3. The predicted octanol–water partition coefficient (Wildman–Crippen LogP) is 11.5. The van der Waals surface area contributed by atoms with E-state index >= 15 is 0 Å². The van der Waals surface area contributed by atoms with Gasteiger partial charge in [0.25, 0.3) is 0 Å². The van der Waals surface area contributed by atoms with E-state index in [9.17, 15) is 0 Å². The van der Waals surface area contributed by atoms with Crippen LogP contribution in [0.3, 0.4) is 0 Å². The summed E-state index contributed by atoms with van der Waals surface area (Å²) >= 11 is 0. The van der Waals surface area contributed by atoms with E-state index in [-0.39, 0.29) is 10.8 Å². The van der Waals surface area contributed by atoms with Gasteiger partial charge in [0.2, 0.25) is 0 Å². The van der Waals surface area contributed by atoms with Gasteiger partial charge in [0, 0.05) is 49.5 Å². The maximum Gasteiger partial charge on any atom is 0.160 e. The van der Waals surface area contributed by atoms with Crippen LogP contribution in [-0.4, -0.2) is 14.5 Å². The summed E-state index contributed by atoms with van der Waals surface area (Å²) in [6.07, 6.45) is 0. The van der Waals surface area contributed by atoms with E-state index in [1.165, 1.54) is 55.2 Å². The van der Waals surface area contributed by atoms with Crippen LogP contribution in [-0.2, 0) is 10.8 Å². The van der Waals surface area contributed by atoms with E-state index in [4.69, 9.17) is 9.97 Å². The van der Waals surface area contributed by atoms with Gasteiger partial charge in [-0.05, 0) is 58.1 Å². The SMILES string of the molecule is CC1(C)c2ccccc2-c2c1ccc1c3ccccc3n(-c3ccc(-c4nc(-c5ccccc5)c5c(n4)C(C)(C)c4ccccc4-5)cc3)c21. The molecule has 0 atom stereocenters. The number of hydrogen-bond donors (Lipinski definition) is 0. The van der Waals surface area contributed by atoms with Crippen LogP contribution in [0.2, 0.25) is 0 Å². The molecule has 10 rings (SSSR count). The lowest BCUT2D eigenvalue weighted by molar-refractivity contribution is 0.636. The molecule has 2 aliphatic carbocycles. The lowest BCUT2D eigenvalue weighted by Crippen LogP contribution is -2.17. The Balaban J connectivity index is 1.18. The molecule has 0 saturated carbocycles. The van der Waals surface area contributed by atoms with Crippen molar-refractivity contribution < 1.29 is 0 Å². The molecule has 0 unspecified atom stereocenters. The van der Waals surface area contributed by atoms with Crippen LogP contribution < -0.4 is 0 Å². The zero-order valence-corrected chi connectivity index (χ0v) is 28.1. The van der Waals surface area contributed by atoms with E-state index in [2.05, 4.69) is 172 Å². The molecule has 0 aliphatic heterocycles. The second-order valence-electron chi connectivity index (χ2n) is 14.6. The fraction of sp³-hybridized carbons (Fsp3) is 0.130. The van der Waals surface area contributed by atoms with Crippen molar-refractivity contribution in [3.63, 3.8) is 0 Å². The Labute approximate surface area is 286 Å². The quantitative estimate of drug-likeness (QED) is 0.195. The van der Waals surface area contributed by atoms with Crippen LogP contribution in [0.4, 0.5) is 0 Å². The van der Waals surface area contributed by atoms with Crippen molar-refractivity contribution in [1.29, 1.82) is 0 Å². The summed E-state index contributed by atoms with van der Waals surface area (Å²) in [4.78, 5) is 10.7. The van der Waals surface area contributed by atoms with Gasteiger partial charge in [0.1, 0.15) is 0 Å². The minimum absolute atomic E-state index is 0.0694. The van der Waals surface area contributed by atoms with Crippen molar-refractivity contribution in [2.75, 3.05) is 0 Å². The first-order chi connectivity index (χ1) is 23.8. The van der Waals surface area contributed by atoms with E-state index in [1.54, 1.807) is 0 Å². The number of fused-ring (bicyclic) bond motifs is 10. The Morgan fingerprint density at radius 2 is 1.10 bits per heavy atom. The minimum Gasteiger partial charge on any atom is -0.309 e. The second kappa shape index (κ2) is 9.87. The summed E-state index contributed by atoms with van der Waals surface area (Å²) in [7, 11) is 0. The van der Waals surface area contributed by atoms with Crippen molar-refractivity contribution in [2.24, 2.45) is 0 Å². The Morgan fingerprint density at radius 3 is 1.86 bits per heavy atom. The highest BCUT2D eigenvalue weighted by Crippen LogP contribution is 2.53. The number of nitrogens with zero attached hydrogens (tertiary/aromatic N) is 3. The Kier molecular flexibility index (Phi) is 5.69. The monoisotopic (exact) mass is 629 g/mol. The number of benzene rings is 6. The Hall–Kier alpha value is -5.80. The van der Waals surface area contributed by atoms with Gasteiger partial charge in [-0.25, -0.2) is 9.97 Å². The zero-order valence-electron chi connectivity index (χ0n) is 28.1. The van der Waals surface area contributed by atoms with Gasteiger partial charge >= 0.3 is 0 Å². The number of rotatable bonds is 3. The summed E-state index contributed by atoms with van der Waals surface area (Å²) in [6.45, 7) is 9.27. The molecule has 0 amide bonds. The molecule has 49 heavy (non-hydrogen) atoms. The highest BCUT2D eigenvalue weighted by atomic mass is 15.0. The summed E-state index contributed by atoms with van der Waals surface area (Å²) < 4.78 is 2.46. The van der Waals surface area contributed by atoms with Crippen molar-refractivity contribution in [1.82, 2.24) is 14.5 Å². The number of hydrogen-bond acceptors (Lipinski definition) is 2. The fourth-order valence-corrected chi connectivity index (χ4v) is 8.75. The molecule has 0 bridgehead atoms. The molecule has 2 heterocycles. The molecule has 6 aromatic carbocycles. The molecule has 8 aromatic rings. The third-order valence-corrected chi connectivity index (χ3v) is 11.2. The molecule has 234 valence electrons. The van der Waals surface area contributed by atoms with Crippen molar-refractivity contribution >= 4 is 21.8 Å². The molecule has 0 spiro atoms. The molecular weight excluding hydrogens is 595 g/mol. The first-order valence-electron chi connectivity index (χ1n) is 17.2. The summed E-state index contributed by atoms with van der Waals surface area (Å²) in [5.41, 5.74) is 16.6. The van der Waals surface area contributed by atoms with E-state index < -0.39 is 0 Å². The van der Waals surface area contributed by atoms with E-state index in [1.807, 2.05) is 0 Å². The van der Waals surface area contributed by atoms with Gasteiger partial charge in [-0.3, -0.25) is 0 Å². The zero-order chi connectivity index (χ0) is 33.1. The van der Waals surface area contributed by atoms with Gasteiger partial charge in [0.15, 0.2) is 5.82 Å². The van der Waals surface area contributed by atoms with Gasteiger partial charge in [0.05, 0.1) is 22.4 Å². The maximum absolute atomic E-state index is 5.34. The Morgan fingerprint density at radius 1 is 0.469 bits per heavy atom. The summed E-state index contributed by atoms with van der Waals surface area (Å²) in [5, 5.41) is 2.55. The van der Waals surface area contributed by atoms with Crippen molar-refractivity contribution in [3.8, 4) is 50.6 Å². The van der Waals surface area contributed by atoms with Crippen LogP contribution in [0, 0.1) is 0 Å². The van der Waals surface area contributed by atoms with Gasteiger partial charge in [-0.1, -0.05) is 137 Å². The van der Waals surface area contributed by atoms with Gasteiger partial charge in [-0.2, -0.15) is 0 Å². The molecular formula is C46H35N3. The standard InChI is InChI=1S/C46H35N3/c1-45(2)35-19-11-8-17-33(35)39-37(45)27-26-32-31-16-10-13-21-38(31)49(42(32)39)30-24-22-29(23-25-30)44-47-41(28-14-6-5-7-15-28)40-34-18-9-12-20-36(34)46(3,4)43(40)48-44/h5-27H,1-4H3. The minimum atomic E-state index is -0.236. The van der Waals surface area contributed by atoms with Crippen LogP contribution >= 0.6 is 0 Å². The lowest BCUT2D eigenvalue weighted by Gasteiger charge is -2.21. The normalized spacial score (nSPS) is 14.9. The topological polar surface area (TPSA) is 30.7 Å². The summed E-state index contributed by atoms with van der Waals surface area (Å²) in [6, 6.07) is 50.5. The third kappa shape index (κ3) is 3.79. The fourth-order valence-electron chi connectivity index (χ4n) is 8.75. The average molecular weight is 630 g/mol. The van der Waals surface area contributed by atoms with Gasteiger partial charge in [-0.15, -0.1) is 0 Å². The first-order valence-corrected chi connectivity index (χ1v) is 17.2. The van der Waals surface area contributed by atoms with Crippen LogP contribution in [0.25, 0.3) is 72.4 Å². The summed E-state index contributed by atoms with van der Waals surface area (Å²) in [5.74, 6) is 0.754. The van der Waals surface area contributed by atoms with Crippen LogP contribution in [0.1, 0.15) is 50.1 Å². The van der Waals surface area contributed by atoms with Crippen molar-refractivity contribution in [2.45, 2.75) is 38.5 Å². The predicted molar refractivity (Wildman–Crippen MR) is 202 cm³/mol. The smallest absolute Gasteiger partial charge is 0.160 e. The highest BCUT2D eigenvalue weighted by molar-refractivity contribution is 6.15. The van der Waals surface area contributed by atoms with Gasteiger partial charge < -0.3 is 4.57 Å². The van der Waals surface area contributed by atoms with E-state index in [0.717, 1.165) is 39.6 Å². The average Bonchev–Trinajstić information content (AvgIpc) is 3.69. The molecule has 3 heteroatoms. The Bertz CT molecular complexity index is 2640. The van der Waals surface area contributed by atoms with Crippen molar-refractivity contribution in [3.05, 3.63) is 162 Å². The molecule has 0 N–H and O–H groups in total. The highest BCUT2D eigenvalue weighted by Gasteiger charge is 2.40. The third-order valence-electron chi connectivity index (χ3n) is 11.2. The van der Waals surface area contributed by atoms with Crippen LogP contribution in [0.5, 0.6) is 0 Å². The van der Waals surface area contributed by atoms with E-state index in [0.29, 0.717) is 0 Å².